The maximum atomic E-state index is 5.71. The van der Waals surface area contributed by atoms with Crippen molar-refractivity contribution in [3.8, 4) is 0 Å². The Bertz CT molecular complexity index is 217. The van der Waals surface area contributed by atoms with Crippen LogP contribution < -0.4 is 11.0 Å². The molecule has 0 aromatic carbocycles. The molecule has 1 atom stereocenters. The third-order valence-corrected chi connectivity index (χ3v) is 3.20. The van der Waals surface area contributed by atoms with Crippen LogP contribution in [0.25, 0.3) is 0 Å². The summed E-state index contributed by atoms with van der Waals surface area (Å²) in [5, 5.41) is 0. The van der Waals surface area contributed by atoms with Crippen LogP contribution in [0.1, 0.15) is 73.6 Å². The van der Waals surface area contributed by atoms with E-state index >= 15 is 0 Å². The summed E-state index contributed by atoms with van der Waals surface area (Å²) in [6.45, 7) is 14.5. The molecule has 0 aromatic rings. The van der Waals surface area contributed by atoms with Crippen molar-refractivity contribution in [2.45, 2.75) is 79.8 Å². The summed E-state index contributed by atoms with van der Waals surface area (Å²) in [6, 6.07) is 1.12. The van der Waals surface area contributed by atoms with E-state index in [1.54, 1.807) is 0 Å². The fraction of sp³-hybridized carbons (Fsp3) is 0.938. The van der Waals surface area contributed by atoms with Gasteiger partial charge in [-0.1, -0.05) is 48.0 Å². The van der Waals surface area contributed by atoms with E-state index in [2.05, 4.69) is 52.5 Å². The fourth-order valence-electron chi connectivity index (χ4n) is 1.64. The summed E-state index contributed by atoms with van der Waals surface area (Å²) in [6.07, 6.45) is 5.54. The molecule has 2 N–H and O–H groups in total. The van der Waals surface area contributed by atoms with Gasteiger partial charge in [0.05, 0.1) is 18.8 Å². The molecule has 0 aliphatic carbocycles. The quantitative estimate of drug-likeness (QED) is 0.421. The second kappa shape index (κ2) is 11.5. The molecule has 0 saturated heterocycles. The zero-order chi connectivity index (χ0) is 15.4. The first-order valence-corrected chi connectivity index (χ1v) is 8.03. The van der Waals surface area contributed by atoms with Gasteiger partial charge in [0.2, 0.25) is 0 Å². The smallest absolute Gasteiger partial charge is 0.0793 e. The van der Waals surface area contributed by atoms with Crippen molar-refractivity contribution in [3.63, 3.8) is 0 Å². The number of hydrogen-bond acceptors (Lipinski definition) is 4. The van der Waals surface area contributed by atoms with E-state index < -0.39 is 0 Å². The van der Waals surface area contributed by atoms with E-state index in [1.807, 2.05) is 0 Å². The van der Waals surface area contributed by atoms with E-state index in [9.17, 15) is 0 Å². The first-order valence-electron chi connectivity index (χ1n) is 8.03. The van der Waals surface area contributed by atoms with E-state index in [4.69, 9.17) is 9.68 Å². The van der Waals surface area contributed by atoms with Crippen LogP contribution in [0.3, 0.4) is 0 Å². The monoisotopic (exact) mass is 287 g/mol. The largest absolute Gasteiger partial charge is 0.302 e. The minimum atomic E-state index is 0.295. The van der Waals surface area contributed by atoms with Crippen LogP contribution in [-0.2, 0) is 9.68 Å². The van der Waals surface area contributed by atoms with Crippen molar-refractivity contribution in [3.05, 3.63) is 6.04 Å². The summed E-state index contributed by atoms with van der Waals surface area (Å²) in [5.74, 6) is 0. The van der Waals surface area contributed by atoms with E-state index in [-0.39, 0.29) is 0 Å². The minimum Gasteiger partial charge on any atom is -0.302 e. The highest BCUT2D eigenvalue weighted by Crippen LogP contribution is 2.17. The average molecular weight is 287 g/mol. The zero-order valence-electron chi connectivity index (χ0n) is 14.3. The first-order chi connectivity index (χ1) is 9.42. The van der Waals surface area contributed by atoms with Gasteiger partial charge in [-0.3, -0.25) is 4.84 Å². The molecular weight excluding hydrogens is 252 g/mol. The van der Waals surface area contributed by atoms with Gasteiger partial charge in [0.1, 0.15) is 0 Å². The molecule has 1 unspecified atom stereocenters. The lowest BCUT2D eigenvalue weighted by Crippen LogP contribution is -2.34. The van der Waals surface area contributed by atoms with Gasteiger partial charge in [-0.2, -0.15) is 5.48 Å². The van der Waals surface area contributed by atoms with Gasteiger partial charge in [-0.25, -0.2) is 5.48 Å². The predicted octanol–water partition coefficient (Wildman–Crippen LogP) is 3.99. The fourth-order valence-corrected chi connectivity index (χ4v) is 1.64. The van der Waals surface area contributed by atoms with Crippen LogP contribution in [0.4, 0.5) is 0 Å². The molecule has 0 heterocycles. The Morgan fingerprint density at radius 3 is 2.35 bits per heavy atom. The summed E-state index contributed by atoms with van der Waals surface area (Å²) in [4.78, 5) is 11.2. The van der Waals surface area contributed by atoms with Gasteiger partial charge < -0.3 is 4.84 Å². The summed E-state index contributed by atoms with van der Waals surface area (Å²) < 4.78 is 0. The minimum absolute atomic E-state index is 0.295. The molecule has 4 nitrogen and oxygen atoms in total. The molecule has 0 aromatic heterocycles. The molecule has 0 fully saturated rings. The molecule has 0 bridgehead atoms. The third kappa shape index (κ3) is 11.6. The van der Waals surface area contributed by atoms with Gasteiger partial charge in [0.15, 0.2) is 0 Å². The Labute approximate surface area is 125 Å². The molecule has 0 saturated carbocycles. The number of hydroxylamine groups is 2. The second-order valence-corrected chi connectivity index (χ2v) is 6.48. The van der Waals surface area contributed by atoms with Crippen LogP contribution in [0.5, 0.6) is 0 Å². The normalized spacial score (nSPS) is 13.9. The molecule has 0 rings (SSSR count). The van der Waals surface area contributed by atoms with Gasteiger partial charge in [-0.15, -0.1) is 0 Å². The zero-order valence-corrected chi connectivity index (χ0v) is 14.3. The molecule has 0 spiro atoms. The summed E-state index contributed by atoms with van der Waals surface area (Å²) >= 11 is 0. The molecule has 121 valence electrons. The van der Waals surface area contributed by atoms with Crippen LogP contribution in [-0.4, -0.2) is 19.3 Å². The number of rotatable bonds is 12. The molecular formula is C16H35N2O2. The van der Waals surface area contributed by atoms with Crippen LogP contribution >= 0.6 is 0 Å². The van der Waals surface area contributed by atoms with Crippen LogP contribution in [0, 0.1) is 11.5 Å². The molecule has 0 amide bonds. The molecule has 1 radical (unpaired) electrons. The predicted molar refractivity (Wildman–Crippen MR) is 84.8 cm³/mol. The standard InChI is InChI=1S/C16H35N2O2/c1-7-10-15(9-3)20-18-14(8-2)13-17-19-12-11-16(4,5)6/h15,17-18H,7-13H2,1-6H3. The lowest BCUT2D eigenvalue weighted by Gasteiger charge is -2.22. The van der Waals surface area contributed by atoms with E-state index in [0.29, 0.717) is 18.1 Å². The maximum Gasteiger partial charge on any atom is 0.0793 e. The van der Waals surface area contributed by atoms with Gasteiger partial charge in [-0.05, 0) is 31.1 Å². The van der Waals surface area contributed by atoms with Gasteiger partial charge >= 0.3 is 0 Å². The van der Waals surface area contributed by atoms with Crippen molar-refractivity contribution < 1.29 is 9.68 Å². The van der Waals surface area contributed by atoms with Gasteiger partial charge in [0, 0.05) is 6.54 Å². The molecule has 0 aliphatic rings. The average Bonchev–Trinajstić information content (AvgIpc) is 2.39. The summed E-state index contributed by atoms with van der Waals surface area (Å²) in [5.41, 5.74) is 6.40. The Morgan fingerprint density at radius 1 is 1.15 bits per heavy atom. The first kappa shape index (κ1) is 19.8. The molecule has 0 aliphatic heterocycles. The summed E-state index contributed by atoms with van der Waals surface area (Å²) in [7, 11) is 0. The van der Waals surface area contributed by atoms with Crippen LogP contribution in [0.15, 0.2) is 0 Å². The van der Waals surface area contributed by atoms with Crippen LogP contribution in [0.2, 0.25) is 0 Å². The lowest BCUT2D eigenvalue weighted by molar-refractivity contribution is -0.0380. The van der Waals surface area contributed by atoms with Crippen molar-refractivity contribution >= 4 is 0 Å². The Balaban J connectivity index is 3.70. The van der Waals surface area contributed by atoms with Gasteiger partial charge in [0.25, 0.3) is 0 Å². The molecule has 4 heteroatoms. The second-order valence-electron chi connectivity index (χ2n) is 6.48. The van der Waals surface area contributed by atoms with Crippen molar-refractivity contribution in [1.82, 2.24) is 11.0 Å². The maximum absolute atomic E-state index is 5.71. The van der Waals surface area contributed by atoms with Crippen molar-refractivity contribution in [1.29, 1.82) is 0 Å². The highest BCUT2D eigenvalue weighted by atomic mass is 16.7. The Kier molecular flexibility index (Phi) is 11.4. The number of hydrogen-bond donors (Lipinski definition) is 2. The number of nitrogens with one attached hydrogen (secondary N) is 2. The van der Waals surface area contributed by atoms with Crippen molar-refractivity contribution in [2.24, 2.45) is 5.41 Å². The Morgan fingerprint density at radius 2 is 1.85 bits per heavy atom. The van der Waals surface area contributed by atoms with Crippen molar-refractivity contribution in [2.75, 3.05) is 13.2 Å². The third-order valence-electron chi connectivity index (χ3n) is 3.20. The Hall–Kier alpha value is -0.160. The highest BCUT2D eigenvalue weighted by Gasteiger charge is 2.12. The highest BCUT2D eigenvalue weighted by molar-refractivity contribution is 4.83. The SMILES string of the molecule is CCCC(CC)ON[C](CC)CNOCCC(C)(C)C. The topological polar surface area (TPSA) is 42.5 Å². The lowest BCUT2D eigenvalue weighted by atomic mass is 9.93. The molecule has 20 heavy (non-hydrogen) atoms. The van der Waals surface area contributed by atoms with E-state index in [0.717, 1.165) is 44.8 Å². The van der Waals surface area contributed by atoms with E-state index in [1.165, 1.54) is 0 Å².